The molecule has 0 radical (unpaired) electrons. The monoisotopic (exact) mass is 240 g/mol. The van der Waals surface area contributed by atoms with Crippen molar-refractivity contribution < 1.29 is 8.42 Å². The topological polar surface area (TPSA) is 49.4 Å². The largest absolute Gasteiger partial charge is 0.374 e. The first-order valence-electron chi connectivity index (χ1n) is 5.25. The molecule has 16 heavy (non-hydrogen) atoms. The Labute approximate surface area is 96.3 Å². The molecular formula is C11H16N2O2S. The number of anilines is 1. The Hall–Kier alpha value is -1.07. The zero-order chi connectivity index (χ0) is 11.8. The highest BCUT2D eigenvalue weighted by Crippen LogP contribution is 2.32. The number of nitrogens with zero attached hydrogens (tertiary/aromatic N) is 1. The van der Waals surface area contributed by atoms with Crippen LogP contribution in [0.3, 0.4) is 0 Å². The van der Waals surface area contributed by atoms with Gasteiger partial charge < -0.3 is 4.90 Å². The van der Waals surface area contributed by atoms with E-state index in [0.29, 0.717) is 0 Å². The van der Waals surface area contributed by atoms with Crippen LogP contribution in [-0.2, 0) is 10.0 Å². The van der Waals surface area contributed by atoms with Gasteiger partial charge in [-0.1, -0.05) is 18.2 Å². The molecule has 0 saturated carbocycles. The van der Waals surface area contributed by atoms with Gasteiger partial charge in [0.05, 0.1) is 12.3 Å². The van der Waals surface area contributed by atoms with Crippen molar-refractivity contribution in [3.05, 3.63) is 29.8 Å². The van der Waals surface area contributed by atoms with Crippen molar-refractivity contribution >= 4 is 15.7 Å². The lowest BCUT2D eigenvalue weighted by molar-refractivity contribution is 0.533. The van der Waals surface area contributed by atoms with Gasteiger partial charge in [-0.15, -0.1) is 0 Å². The molecule has 1 aromatic carbocycles. The summed E-state index contributed by atoms with van der Waals surface area (Å²) in [6.07, 6.45) is 2.01. The lowest BCUT2D eigenvalue weighted by Crippen LogP contribution is -2.35. The van der Waals surface area contributed by atoms with Gasteiger partial charge in [-0.25, -0.2) is 13.1 Å². The third kappa shape index (κ3) is 2.36. The van der Waals surface area contributed by atoms with Crippen LogP contribution in [0.15, 0.2) is 24.3 Å². The maximum absolute atomic E-state index is 11.3. The van der Waals surface area contributed by atoms with Gasteiger partial charge in [0, 0.05) is 19.3 Å². The van der Waals surface area contributed by atoms with Crippen molar-refractivity contribution in [2.45, 2.75) is 12.5 Å². The van der Waals surface area contributed by atoms with Crippen LogP contribution in [0.1, 0.15) is 18.0 Å². The lowest BCUT2D eigenvalue weighted by Gasteiger charge is -2.33. The number of rotatable bonds is 2. The minimum atomic E-state index is -3.15. The Kier molecular flexibility index (Phi) is 2.90. The summed E-state index contributed by atoms with van der Waals surface area (Å²) >= 11 is 0. The van der Waals surface area contributed by atoms with Crippen molar-refractivity contribution in [2.75, 3.05) is 24.7 Å². The average molecular weight is 240 g/mol. The summed E-state index contributed by atoms with van der Waals surface area (Å²) in [5.74, 6) is 0. The summed E-state index contributed by atoms with van der Waals surface area (Å²) in [5.41, 5.74) is 2.16. The lowest BCUT2D eigenvalue weighted by atomic mass is 9.98. The molecule has 0 fully saturated rings. The van der Waals surface area contributed by atoms with Gasteiger partial charge in [-0.3, -0.25) is 0 Å². The van der Waals surface area contributed by atoms with Gasteiger partial charge in [0.2, 0.25) is 10.0 Å². The standard InChI is InChI=1S/C11H16N2O2S/c1-13-8-7-10(12-16(2,14)15)9-5-3-4-6-11(9)13/h3-6,10,12H,7-8H2,1-2H3. The molecule has 0 aromatic heterocycles. The zero-order valence-corrected chi connectivity index (χ0v) is 10.3. The summed E-state index contributed by atoms with van der Waals surface area (Å²) < 4.78 is 25.2. The molecular weight excluding hydrogens is 224 g/mol. The fraction of sp³-hybridized carbons (Fsp3) is 0.455. The van der Waals surface area contributed by atoms with E-state index < -0.39 is 10.0 Å². The second-order valence-electron chi connectivity index (χ2n) is 4.21. The molecule has 5 heteroatoms. The molecule has 2 rings (SSSR count). The molecule has 0 saturated heterocycles. The summed E-state index contributed by atoms with van der Waals surface area (Å²) in [4.78, 5) is 2.15. The predicted molar refractivity (Wildman–Crippen MR) is 65.0 cm³/mol. The van der Waals surface area contributed by atoms with Crippen molar-refractivity contribution in [2.24, 2.45) is 0 Å². The van der Waals surface area contributed by atoms with Crippen molar-refractivity contribution in [3.8, 4) is 0 Å². The van der Waals surface area contributed by atoms with Gasteiger partial charge in [-0.05, 0) is 18.1 Å². The van der Waals surface area contributed by atoms with E-state index in [1.807, 2.05) is 31.3 Å². The van der Waals surface area contributed by atoms with E-state index in [9.17, 15) is 8.42 Å². The van der Waals surface area contributed by atoms with E-state index in [1.54, 1.807) is 0 Å². The van der Waals surface area contributed by atoms with Crippen LogP contribution in [0.5, 0.6) is 0 Å². The first kappa shape index (κ1) is 11.4. The molecule has 88 valence electrons. The Balaban J connectivity index is 2.35. The van der Waals surface area contributed by atoms with Crippen LogP contribution in [0.2, 0.25) is 0 Å². The fourth-order valence-corrected chi connectivity index (χ4v) is 2.87. The van der Waals surface area contributed by atoms with Crippen LogP contribution in [0.25, 0.3) is 0 Å². The average Bonchev–Trinajstić information content (AvgIpc) is 2.21. The van der Waals surface area contributed by atoms with Gasteiger partial charge in [0.1, 0.15) is 0 Å². The highest BCUT2D eigenvalue weighted by atomic mass is 32.2. The second-order valence-corrected chi connectivity index (χ2v) is 5.99. The van der Waals surface area contributed by atoms with Crippen LogP contribution >= 0.6 is 0 Å². The third-order valence-electron chi connectivity index (χ3n) is 2.83. The van der Waals surface area contributed by atoms with E-state index in [0.717, 1.165) is 24.2 Å². The number of para-hydroxylation sites is 1. The maximum atomic E-state index is 11.3. The van der Waals surface area contributed by atoms with Crippen LogP contribution in [-0.4, -0.2) is 28.3 Å². The predicted octanol–water partition coefficient (Wildman–Crippen LogP) is 1.12. The molecule has 1 N–H and O–H groups in total. The third-order valence-corrected chi connectivity index (χ3v) is 3.55. The summed E-state index contributed by atoms with van der Waals surface area (Å²) in [6, 6.07) is 7.81. The number of fused-ring (bicyclic) bond motifs is 1. The zero-order valence-electron chi connectivity index (χ0n) is 9.47. The van der Waals surface area contributed by atoms with Crippen molar-refractivity contribution in [3.63, 3.8) is 0 Å². The summed E-state index contributed by atoms with van der Waals surface area (Å²) in [5, 5.41) is 0. The van der Waals surface area contributed by atoms with Gasteiger partial charge >= 0.3 is 0 Å². The molecule has 1 aliphatic rings. The quantitative estimate of drug-likeness (QED) is 0.842. The highest BCUT2D eigenvalue weighted by molar-refractivity contribution is 7.88. The molecule has 4 nitrogen and oxygen atoms in total. The molecule has 1 heterocycles. The van der Waals surface area contributed by atoms with E-state index in [4.69, 9.17) is 0 Å². The molecule has 1 atom stereocenters. The fourth-order valence-electron chi connectivity index (χ4n) is 2.11. The molecule has 0 bridgehead atoms. The van der Waals surface area contributed by atoms with Crippen molar-refractivity contribution in [1.82, 2.24) is 4.72 Å². The number of hydrogen-bond donors (Lipinski definition) is 1. The first-order chi connectivity index (χ1) is 7.47. The van der Waals surface area contributed by atoms with Crippen LogP contribution < -0.4 is 9.62 Å². The normalized spacial score (nSPS) is 20.6. The second kappa shape index (κ2) is 4.07. The minimum absolute atomic E-state index is 0.0950. The molecule has 1 unspecified atom stereocenters. The Morgan fingerprint density at radius 3 is 2.75 bits per heavy atom. The van der Waals surface area contributed by atoms with Gasteiger partial charge in [0.25, 0.3) is 0 Å². The number of sulfonamides is 1. The van der Waals surface area contributed by atoms with Gasteiger partial charge in [-0.2, -0.15) is 0 Å². The Morgan fingerprint density at radius 1 is 1.38 bits per heavy atom. The SMILES string of the molecule is CN1CCC(NS(C)(=O)=O)c2ccccc21. The van der Waals surface area contributed by atoms with E-state index in [2.05, 4.69) is 9.62 Å². The van der Waals surface area contributed by atoms with E-state index in [-0.39, 0.29) is 6.04 Å². The van der Waals surface area contributed by atoms with E-state index in [1.165, 1.54) is 6.26 Å². The van der Waals surface area contributed by atoms with Crippen molar-refractivity contribution in [1.29, 1.82) is 0 Å². The van der Waals surface area contributed by atoms with Crippen LogP contribution in [0, 0.1) is 0 Å². The molecule has 1 aliphatic heterocycles. The van der Waals surface area contributed by atoms with E-state index >= 15 is 0 Å². The molecule has 0 aliphatic carbocycles. The smallest absolute Gasteiger partial charge is 0.209 e. The number of nitrogens with one attached hydrogen (secondary N) is 1. The maximum Gasteiger partial charge on any atom is 0.209 e. The molecule has 1 aromatic rings. The molecule has 0 amide bonds. The Morgan fingerprint density at radius 2 is 2.06 bits per heavy atom. The summed E-state index contributed by atoms with van der Waals surface area (Å²) in [7, 11) is -1.13. The van der Waals surface area contributed by atoms with Crippen LogP contribution in [0.4, 0.5) is 5.69 Å². The Bertz CT molecular complexity index is 485. The number of hydrogen-bond acceptors (Lipinski definition) is 3. The first-order valence-corrected chi connectivity index (χ1v) is 7.14. The summed E-state index contributed by atoms with van der Waals surface area (Å²) in [6.45, 7) is 0.865. The minimum Gasteiger partial charge on any atom is -0.374 e. The van der Waals surface area contributed by atoms with Gasteiger partial charge in [0.15, 0.2) is 0 Å². The highest BCUT2D eigenvalue weighted by Gasteiger charge is 2.24. The molecule has 0 spiro atoms. The number of benzene rings is 1.